The van der Waals surface area contributed by atoms with Crippen LogP contribution in [0.3, 0.4) is 0 Å². The molecule has 4 nitrogen and oxygen atoms in total. The first-order valence-electron chi connectivity index (χ1n) is 6.68. The minimum atomic E-state index is 0.125. The molecule has 0 aliphatic carbocycles. The fraction of sp³-hybridized carbons (Fsp3) is 0.200. The zero-order valence-electron chi connectivity index (χ0n) is 11.0. The van der Waals surface area contributed by atoms with Gasteiger partial charge in [-0.3, -0.25) is 0 Å². The van der Waals surface area contributed by atoms with Crippen LogP contribution in [0.2, 0.25) is 0 Å². The number of aromatic nitrogens is 2. The summed E-state index contributed by atoms with van der Waals surface area (Å²) in [5.74, 6) is 1.46. The monoisotopic (exact) mass is 361 g/mol. The van der Waals surface area contributed by atoms with Gasteiger partial charge in [0.15, 0.2) is 0 Å². The molecule has 6 heteroatoms. The third-order valence-electron chi connectivity index (χ3n) is 3.62. The molecule has 1 atom stereocenters. The van der Waals surface area contributed by atoms with Crippen LogP contribution in [0.5, 0.6) is 0 Å². The van der Waals surface area contributed by atoms with Crippen molar-refractivity contribution >= 4 is 27.3 Å². The van der Waals surface area contributed by atoms with Gasteiger partial charge in [0.2, 0.25) is 11.7 Å². The SMILES string of the molecule is Brc1csc(-c2noc(C3CNCc4ccccc43)n2)c1. The number of hydrogen-bond donors (Lipinski definition) is 1. The first kappa shape index (κ1) is 13.2. The maximum absolute atomic E-state index is 5.51. The molecule has 0 amide bonds. The summed E-state index contributed by atoms with van der Waals surface area (Å²) < 4.78 is 6.56. The molecule has 1 aliphatic rings. The van der Waals surface area contributed by atoms with Gasteiger partial charge in [-0.15, -0.1) is 11.3 Å². The minimum absolute atomic E-state index is 0.125. The van der Waals surface area contributed by atoms with Crippen LogP contribution in [0.1, 0.15) is 22.9 Å². The van der Waals surface area contributed by atoms with Crippen molar-refractivity contribution < 1.29 is 4.52 Å². The highest BCUT2D eigenvalue weighted by Crippen LogP contribution is 2.32. The molecule has 3 heterocycles. The van der Waals surface area contributed by atoms with Gasteiger partial charge in [-0.25, -0.2) is 0 Å². The largest absolute Gasteiger partial charge is 0.338 e. The average Bonchev–Trinajstić information content (AvgIpc) is 3.15. The Balaban J connectivity index is 1.71. The molecule has 106 valence electrons. The molecule has 4 rings (SSSR count). The number of fused-ring (bicyclic) bond motifs is 1. The Bertz CT molecular complexity index is 783. The molecular weight excluding hydrogens is 350 g/mol. The van der Waals surface area contributed by atoms with Crippen molar-refractivity contribution in [3.63, 3.8) is 0 Å². The Morgan fingerprint density at radius 2 is 2.24 bits per heavy atom. The second-order valence-corrected chi connectivity index (χ2v) is 6.79. The summed E-state index contributed by atoms with van der Waals surface area (Å²) >= 11 is 5.05. The van der Waals surface area contributed by atoms with E-state index in [0.29, 0.717) is 11.7 Å². The molecule has 0 radical (unpaired) electrons. The zero-order chi connectivity index (χ0) is 14.2. The molecule has 3 aromatic rings. The van der Waals surface area contributed by atoms with Gasteiger partial charge in [0.1, 0.15) is 0 Å². The van der Waals surface area contributed by atoms with Gasteiger partial charge in [-0.2, -0.15) is 4.98 Å². The molecule has 0 saturated heterocycles. The topological polar surface area (TPSA) is 51.0 Å². The lowest BCUT2D eigenvalue weighted by molar-refractivity contribution is 0.356. The minimum Gasteiger partial charge on any atom is -0.338 e. The number of nitrogens with one attached hydrogen (secondary N) is 1. The third kappa shape index (κ3) is 2.43. The standard InChI is InChI=1S/C15H12BrN3OS/c16-10-5-13(21-8-10)14-18-15(20-19-14)12-7-17-6-9-3-1-2-4-11(9)12/h1-5,8,12,17H,6-7H2. The Kier molecular flexibility index (Phi) is 3.37. The van der Waals surface area contributed by atoms with Crippen LogP contribution in [0.15, 0.2) is 44.7 Å². The molecular formula is C15H12BrN3OS. The Morgan fingerprint density at radius 1 is 1.33 bits per heavy atom. The number of benzene rings is 1. The number of hydrogen-bond acceptors (Lipinski definition) is 5. The van der Waals surface area contributed by atoms with Gasteiger partial charge in [0, 0.05) is 22.9 Å². The second-order valence-electron chi connectivity index (χ2n) is 4.97. The lowest BCUT2D eigenvalue weighted by Gasteiger charge is -2.23. The van der Waals surface area contributed by atoms with Crippen molar-refractivity contribution in [2.24, 2.45) is 0 Å². The molecule has 1 N–H and O–H groups in total. The van der Waals surface area contributed by atoms with Crippen LogP contribution in [0, 0.1) is 0 Å². The van der Waals surface area contributed by atoms with E-state index in [0.717, 1.165) is 22.4 Å². The van der Waals surface area contributed by atoms with Crippen LogP contribution < -0.4 is 5.32 Å². The zero-order valence-corrected chi connectivity index (χ0v) is 13.4. The fourth-order valence-electron chi connectivity index (χ4n) is 2.62. The van der Waals surface area contributed by atoms with Gasteiger partial charge >= 0.3 is 0 Å². The second kappa shape index (κ2) is 5.36. The smallest absolute Gasteiger partial charge is 0.235 e. The summed E-state index contributed by atoms with van der Waals surface area (Å²) in [5.41, 5.74) is 2.58. The van der Waals surface area contributed by atoms with Crippen molar-refractivity contribution in [1.29, 1.82) is 0 Å². The van der Waals surface area contributed by atoms with Crippen molar-refractivity contribution in [3.05, 3.63) is 57.2 Å². The van der Waals surface area contributed by atoms with Gasteiger partial charge < -0.3 is 9.84 Å². The van der Waals surface area contributed by atoms with Crippen molar-refractivity contribution in [2.75, 3.05) is 6.54 Å². The number of rotatable bonds is 2. The predicted octanol–water partition coefficient (Wildman–Crippen LogP) is 3.80. The summed E-state index contributed by atoms with van der Waals surface area (Å²) in [6, 6.07) is 10.4. The number of thiophene rings is 1. The molecule has 21 heavy (non-hydrogen) atoms. The lowest BCUT2D eigenvalue weighted by atomic mass is 9.91. The van der Waals surface area contributed by atoms with E-state index in [1.54, 1.807) is 11.3 Å². The third-order valence-corrected chi connectivity index (χ3v) is 5.31. The Morgan fingerprint density at radius 3 is 3.10 bits per heavy atom. The van der Waals surface area contributed by atoms with Gasteiger partial charge in [0.25, 0.3) is 0 Å². The van der Waals surface area contributed by atoms with Crippen molar-refractivity contribution in [3.8, 4) is 10.7 Å². The molecule has 2 aromatic heterocycles. The van der Waals surface area contributed by atoms with Gasteiger partial charge in [-0.05, 0) is 33.1 Å². The molecule has 0 fully saturated rings. The van der Waals surface area contributed by atoms with E-state index in [2.05, 4.69) is 55.7 Å². The lowest BCUT2D eigenvalue weighted by Crippen LogP contribution is -2.28. The molecule has 0 bridgehead atoms. The van der Waals surface area contributed by atoms with Gasteiger partial charge in [-0.1, -0.05) is 29.4 Å². The van der Waals surface area contributed by atoms with Crippen LogP contribution in [-0.4, -0.2) is 16.7 Å². The highest BCUT2D eigenvalue weighted by molar-refractivity contribution is 9.10. The van der Waals surface area contributed by atoms with Crippen LogP contribution in [0.25, 0.3) is 10.7 Å². The maximum atomic E-state index is 5.51. The Hall–Kier alpha value is -1.50. The summed E-state index contributed by atoms with van der Waals surface area (Å²) in [5, 5.41) is 9.55. The van der Waals surface area contributed by atoms with E-state index in [1.165, 1.54) is 11.1 Å². The molecule has 1 aliphatic heterocycles. The van der Waals surface area contributed by atoms with E-state index >= 15 is 0 Å². The van der Waals surface area contributed by atoms with E-state index in [9.17, 15) is 0 Å². The molecule has 0 spiro atoms. The predicted molar refractivity (Wildman–Crippen MR) is 85.3 cm³/mol. The summed E-state index contributed by atoms with van der Waals surface area (Å²) in [6.07, 6.45) is 0. The fourth-order valence-corrected chi connectivity index (χ4v) is 3.98. The van der Waals surface area contributed by atoms with E-state index in [1.807, 2.05) is 11.4 Å². The first-order chi connectivity index (χ1) is 10.3. The summed E-state index contributed by atoms with van der Waals surface area (Å²) in [7, 11) is 0. The van der Waals surface area contributed by atoms with Crippen molar-refractivity contribution in [1.82, 2.24) is 15.5 Å². The highest BCUT2D eigenvalue weighted by Gasteiger charge is 2.26. The van der Waals surface area contributed by atoms with E-state index < -0.39 is 0 Å². The molecule has 1 aromatic carbocycles. The van der Waals surface area contributed by atoms with E-state index in [4.69, 9.17) is 4.52 Å². The first-order valence-corrected chi connectivity index (χ1v) is 8.35. The normalized spacial score (nSPS) is 17.7. The average molecular weight is 362 g/mol. The van der Waals surface area contributed by atoms with Crippen LogP contribution in [0.4, 0.5) is 0 Å². The quantitative estimate of drug-likeness (QED) is 0.754. The van der Waals surface area contributed by atoms with Gasteiger partial charge in [0.05, 0.1) is 10.8 Å². The van der Waals surface area contributed by atoms with Crippen LogP contribution >= 0.6 is 27.3 Å². The maximum Gasteiger partial charge on any atom is 0.235 e. The highest BCUT2D eigenvalue weighted by atomic mass is 79.9. The molecule has 1 unspecified atom stereocenters. The van der Waals surface area contributed by atoms with Crippen molar-refractivity contribution in [2.45, 2.75) is 12.5 Å². The Labute approximate surface area is 134 Å². The number of nitrogens with zero attached hydrogens (tertiary/aromatic N) is 2. The number of halogens is 1. The summed E-state index contributed by atoms with van der Waals surface area (Å²) in [6.45, 7) is 1.72. The van der Waals surface area contributed by atoms with Crippen LogP contribution in [-0.2, 0) is 6.54 Å². The molecule has 0 saturated carbocycles. The van der Waals surface area contributed by atoms with E-state index in [-0.39, 0.29) is 5.92 Å². The summed E-state index contributed by atoms with van der Waals surface area (Å²) in [4.78, 5) is 5.60.